The Hall–Kier alpha value is -1.96. The molecule has 0 fully saturated rings. The number of hydrogen-bond donors (Lipinski definition) is 0. The van der Waals surface area contributed by atoms with Gasteiger partial charge in [-0.15, -0.1) is 0 Å². The van der Waals surface area contributed by atoms with E-state index in [0.717, 1.165) is 0 Å². The summed E-state index contributed by atoms with van der Waals surface area (Å²) in [7, 11) is 17.0. The van der Waals surface area contributed by atoms with E-state index in [0.29, 0.717) is 11.8 Å². The summed E-state index contributed by atoms with van der Waals surface area (Å²) in [4.78, 5) is 0. The predicted molar refractivity (Wildman–Crippen MR) is 195 cm³/mol. The second kappa shape index (κ2) is 11.7. The van der Waals surface area contributed by atoms with Crippen molar-refractivity contribution < 1.29 is 15.6 Å². The van der Waals surface area contributed by atoms with Gasteiger partial charge in [-0.25, -0.2) is 0 Å². The third-order valence-corrected chi connectivity index (χ3v) is 62.8. The summed E-state index contributed by atoms with van der Waals surface area (Å²) in [5.74, 6) is -0.707. The second-order valence-corrected chi connectivity index (χ2v) is 56.6. The van der Waals surface area contributed by atoms with Crippen molar-refractivity contribution in [3.05, 3.63) is 129 Å². The van der Waals surface area contributed by atoms with Crippen LogP contribution in [0.25, 0.3) is 34.4 Å². The summed E-state index contributed by atoms with van der Waals surface area (Å²) in [6, 6.07) is 31.5. The number of rotatable bonds is 7. The number of fused-ring (bicyclic) bond motifs is 2. The van der Waals surface area contributed by atoms with Gasteiger partial charge in [-0.05, 0) is 0 Å². The molecule has 0 N–H and O–H groups in total. The van der Waals surface area contributed by atoms with Gasteiger partial charge in [0.15, 0.2) is 0 Å². The number of benzene rings is 4. The van der Waals surface area contributed by atoms with Crippen LogP contribution in [0.4, 0.5) is 0 Å². The van der Waals surface area contributed by atoms with E-state index < -0.39 is 21.5 Å². The molecule has 2 aliphatic carbocycles. The Kier molecular flexibility index (Phi) is 8.50. The van der Waals surface area contributed by atoms with Crippen LogP contribution in [0.1, 0.15) is 94.0 Å². The van der Waals surface area contributed by atoms with Crippen LogP contribution in [0.3, 0.4) is 0 Å². The molecule has 0 saturated carbocycles. The van der Waals surface area contributed by atoms with Crippen LogP contribution in [0.5, 0.6) is 0 Å². The van der Waals surface area contributed by atoms with Gasteiger partial charge in [-0.1, -0.05) is 0 Å². The van der Waals surface area contributed by atoms with Gasteiger partial charge in [0.25, 0.3) is 0 Å². The van der Waals surface area contributed by atoms with Gasteiger partial charge >= 0.3 is 276 Å². The molecule has 0 spiro atoms. The van der Waals surface area contributed by atoms with Gasteiger partial charge in [0, 0.05) is 0 Å². The van der Waals surface area contributed by atoms with E-state index in [1.807, 2.05) is 0 Å². The minimum atomic E-state index is -4.73. The van der Waals surface area contributed by atoms with Gasteiger partial charge < -0.3 is 0 Å². The molecule has 6 rings (SSSR count). The molecule has 0 heterocycles. The molecule has 0 bridgehead atoms. The molecule has 0 amide bonds. The summed E-state index contributed by atoms with van der Waals surface area (Å²) in [5.41, 5.74) is 16.0. The van der Waals surface area contributed by atoms with Crippen LogP contribution in [0.2, 0.25) is 13.1 Å². The van der Waals surface area contributed by atoms with E-state index >= 15 is 0 Å². The topological polar surface area (TPSA) is 0 Å². The fourth-order valence-electron chi connectivity index (χ4n) is 8.36. The monoisotopic (exact) mass is 713 g/mol. The van der Waals surface area contributed by atoms with Crippen LogP contribution in [-0.4, -0.2) is 5.92 Å². The molecule has 2 atom stereocenters. The molecule has 4 aromatic carbocycles. The Morgan fingerprint density at radius 2 is 0.909 bits per heavy atom. The van der Waals surface area contributed by atoms with E-state index in [-0.39, 0.29) is 7.25 Å². The van der Waals surface area contributed by atoms with Crippen molar-refractivity contribution in [2.75, 3.05) is 0 Å². The average molecular weight is 716 g/mol. The molecule has 4 heteroatoms. The van der Waals surface area contributed by atoms with Crippen LogP contribution < -0.4 is 0 Å². The Bertz CT molecular complexity index is 1700. The van der Waals surface area contributed by atoms with Crippen molar-refractivity contribution in [3.63, 3.8) is 0 Å². The first-order valence-electron chi connectivity index (χ1n) is 16.2. The Morgan fingerprint density at radius 1 is 0.545 bits per heavy atom. The van der Waals surface area contributed by atoms with Crippen molar-refractivity contribution in [3.8, 4) is 22.3 Å². The third kappa shape index (κ3) is 4.86. The summed E-state index contributed by atoms with van der Waals surface area (Å²) in [5, 5.41) is 0. The normalized spacial score (nSPS) is 18.7. The molecule has 227 valence electrons. The van der Waals surface area contributed by atoms with Crippen LogP contribution >= 0.6 is 17.0 Å². The molecular weight excluding hydrogens is 671 g/mol. The zero-order valence-electron chi connectivity index (χ0n) is 27.4. The SMILES string of the molecule is CC1=Cc2c(-c3ccccc3C(C)C)cccc2[CH]1[Zr]([Cl])([Cl])([CH]1C(C)=Cc2c(-c3ccccc3C(C)C)cccc21)[SiH](C)C. The van der Waals surface area contributed by atoms with Crippen molar-refractivity contribution in [2.45, 2.75) is 73.7 Å². The van der Waals surface area contributed by atoms with Gasteiger partial charge in [-0.3, -0.25) is 0 Å². The molecule has 0 nitrogen and oxygen atoms in total. The second-order valence-electron chi connectivity index (χ2n) is 14.1. The van der Waals surface area contributed by atoms with E-state index in [1.54, 1.807) is 0 Å². The first kappa shape index (κ1) is 32.0. The van der Waals surface area contributed by atoms with Gasteiger partial charge in [0.1, 0.15) is 0 Å². The molecule has 0 aromatic heterocycles. The summed E-state index contributed by atoms with van der Waals surface area (Å²) in [6.45, 7) is 18.6. The van der Waals surface area contributed by atoms with Crippen LogP contribution in [0.15, 0.2) is 96.1 Å². The standard InChI is InChI=1S/2C19H19.C2H7Si.2ClH.Zr/c2*1-13(2)16-8-4-5-9-17(16)18-10-6-7-15-11-14(3)12-19(15)18;1-3-2;;;/h2*4-13H,1-3H3;3H,1-2H3;2*1H;/q;;;;;+2/p-2. The molecular formula is C40H45Cl2SiZr. The van der Waals surface area contributed by atoms with Gasteiger partial charge in [-0.2, -0.15) is 0 Å². The fraction of sp³-hybridized carbons (Fsp3) is 0.300. The maximum absolute atomic E-state index is 8.50. The Balaban J connectivity index is 1.55. The van der Waals surface area contributed by atoms with Crippen LogP contribution in [0, 0.1) is 0 Å². The van der Waals surface area contributed by atoms with Crippen molar-refractivity contribution in [2.24, 2.45) is 0 Å². The van der Waals surface area contributed by atoms with Gasteiger partial charge in [0.2, 0.25) is 0 Å². The van der Waals surface area contributed by atoms with E-state index in [2.05, 4.69) is 152 Å². The Labute approximate surface area is 274 Å². The quantitative estimate of drug-likeness (QED) is 0.167. The molecule has 4 aromatic rings. The first-order chi connectivity index (χ1) is 20.9. The zero-order valence-corrected chi connectivity index (χ0v) is 32.5. The van der Waals surface area contributed by atoms with E-state index in [1.165, 1.54) is 66.8 Å². The Morgan fingerprint density at radius 3 is 1.27 bits per heavy atom. The minimum absolute atomic E-state index is 0.0958. The fourth-order valence-corrected chi connectivity index (χ4v) is 41.3. The number of allylic oxidation sites excluding steroid dienone is 2. The summed E-state index contributed by atoms with van der Waals surface area (Å²) in [6.07, 6.45) is 4.84. The summed E-state index contributed by atoms with van der Waals surface area (Å²) < 4.78 is 0.192. The van der Waals surface area contributed by atoms with E-state index in [9.17, 15) is 0 Å². The number of halogens is 2. The molecule has 44 heavy (non-hydrogen) atoms. The summed E-state index contributed by atoms with van der Waals surface area (Å²) >= 11 is -4.73. The van der Waals surface area contributed by atoms with Crippen LogP contribution in [-0.2, 0) is 15.6 Å². The first-order valence-corrected chi connectivity index (χ1v) is 32.6. The number of hydrogen-bond acceptors (Lipinski definition) is 0. The molecule has 0 radical (unpaired) electrons. The molecule has 0 aliphatic heterocycles. The third-order valence-electron chi connectivity index (χ3n) is 10.5. The van der Waals surface area contributed by atoms with Crippen molar-refractivity contribution in [1.82, 2.24) is 0 Å². The maximum atomic E-state index is 8.50. The van der Waals surface area contributed by atoms with E-state index in [4.69, 9.17) is 17.0 Å². The zero-order chi connectivity index (χ0) is 31.6. The molecule has 0 saturated heterocycles. The average Bonchev–Trinajstić information content (AvgIpc) is 3.53. The van der Waals surface area contributed by atoms with Gasteiger partial charge in [0.05, 0.1) is 0 Å². The molecule has 2 aliphatic rings. The van der Waals surface area contributed by atoms with Crippen molar-refractivity contribution in [1.29, 1.82) is 0 Å². The molecule has 2 unspecified atom stereocenters. The predicted octanol–water partition coefficient (Wildman–Crippen LogP) is 12.9. The van der Waals surface area contributed by atoms with Crippen molar-refractivity contribution >= 4 is 35.1 Å².